The summed E-state index contributed by atoms with van der Waals surface area (Å²) in [5.74, 6) is 0.00137. The standard InChI is InChI=1S/C15H22N2O3S.ClH/c1-3-15(4-2,10-16)14(18)17-12-6-5-11-7-8-21(19,20)13(11)9-12;/h5-6,9H,3-4,7-8,10,16H2,1-2H3,(H,17,18);1H. The Morgan fingerprint density at radius 2 is 1.95 bits per heavy atom. The molecule has 0 aromatic heterocycles. The van der Waals surface area contributed by atoms with Crippen molar-refractivity contribution in [3.8, 4) is 0 Å². The third kappa shape index (κ3) is 3.29. The van der Waals surface area contributed by atoms with Crippen LogP contribution in [0.1, 0.15) is 32.3 Å². The molecule has 1 aromatic carbocycles. The number of anilines is 1. The highest BCUT2D eigenvalue weighted by Gasteiger charge is 2.34. The average Bonchev–Trinajstić information content (AvgIpc) is 2.77. The van der Waals surface area contributed by atoms with Gasteiger partial charge in [-0.05, 0) is 37.0 Å². The highest BCUT2D eigenvalue weighted by atomic mass is 35.5. The molecule has 0 unspecified atom stereocenters. The number of hydrogen-bond acceptors (Lipinski definition) is 4. The fraction of sp³-hybridized carbons (Fsp3) is 0.533. The number of sulfone groups is 1. The number of carbonyl (C=O) groups excluding carboxylic acids is 1. The van der Waals surface area contributed by atoms with Gasteiger partial charge in [-0.1, -0.05) is 19.9 Å². The minimum absolute atomic E-state index is 0. The molecule has 1 aliphatic heterocycles. The minimum Gasteiger partial charge on any atom is -0.329 e. The summed E-state index contributed by atoms with van der Waals surface area (Å²) in [6.07, 6.45) is 1.84. The van der Waals surface area contributed by atoms with Crippen LogP contribution in [0.25, 0.3) is 0 Å². The number of hydrogen-bond donors (Lipinski definition) is 2. The van der Waals surface area contributed by atoms with Crippen LogP contribution in [-0.2, 0) is 21.1 Å². The van der Waals surface area contributed by atoms with Crippen molar-refractivity contribution in [3.05, 3.63) is 23.8 Å². The highest BCUT2D eigenvalue weighted by molar-refractivity contribution is 7.91. The van der Waals surface area contributed by atoms with E-state index in [9.17, 15) is 13.2 Å². The topological polar surface area (TPSA) is 89.3 Å². The van der Waals surface area contributed by atoms with Crippen LogP contribution < -0.4 is 11.1 Å². The zero-order valence-corrected chi connectivity index (χ0v) is 14.5. The molecule has 5 nitrogen and oxygen atoms in total. The molecule has 7 heteroatoms. The summed E-state index contributed by atoms with van der Waals surface area (Å²) in [6, 6.07) is 5.09. The van der Waals surface area contributed by atoms with Crippen LogP contribution in [0.3, 0.4) is 0 Å². The summed E-state index contributed by atoms with van der Waals surface area (Å²) in [5.41, 5.74) is 6.50. The van der Waals surface area contributed by atoms with Crippen LogP contribution in [-0.4, -0.2) is 26.6 Å². The SMILES string of the molecule is CCC(CC)(CN)C(=O)Nc1ccc2c(c1)S(=O)(=O)CC2.Cl. The molecular formula is C15H23ClN2O3S. The Balaban J connectivity index is 0.00000242. The second-order valence-electron chi connectivity index (χ2n) is 5.54. The first kappa shape index (κ1) is 18.9. The van der Waals surface area contributed by atoms with Crippen molar-refractivity contribution in [2.24, 2.45) is 11.1 Å². The van der Waals surface area contributed by atoms with Crippen molar-refractivity contribution in [1.29, 1.82) is 0 Å². The third-order valence-electron chi connectivity index (χ3n) is 4.53. The summed E-state index contributed by atoms with van der Waals surface area (Å²) in [5, 5.41) is 2.82. The summed E-state index contributed by atoms with van der Waals surface area (Å²) in [7, 11) is -3.19. The quantitative estimate of drug-likeness (QED) is 0.854. The van der Waals surface area contributed by atoms with Gasteiger partial charge in [-0.15, -0.1) is 12.4 Å². The average molecular weight is 347 g/mol. The zero-order valence-electron chi connectivity index (χ0n) is 12.9. The number of nitrogens with one attached hydrogen (secondary N) is 1. The number of benzene rings is 1. The largest absolute Gasteiger partial charge is 0.329 e. The van der Waals surface area contributed by atoms with Gasteiger partial charge in [0.25, 0.3) is 0 Å². The fourth-order valence-corrected chi connectivity index (χ4v) is 4.28. The van der Waals surface area contributed by atoms with E-state index in [-0.39, 0.29) is 30.6 Å². The fourth-order valence-electron chi connectivity index (χ4n) is 2.70. The van der Waals surface area contributed by atoms with E-state index in [0.717, 1.165) is 5.56 Å². The normalized spacial score (nSPS) is 15.8. The number of halogens is 1. The lowest BCUT2D eigenvalue weighted by Gasteiger charge is -2.28. The first-order valence-corrected chi connectivity index (χ1v) is 8.91. The van der Waals surface area contributed by atoms with Crippen LogP contribution in [0.4, 0.5) is 5.69 Å². The van der Waals surface area contributed by atoms with Gasteiger partial charge in [0.05, 0.1) is 16.1 Å². The van der Waals surface area contributed by atoms with Crippen LogP contribution in [0.2, 0.25) is 0 Å². The molecule has 1 heterocycles. The zero-order chi connectivity index (χ0) is 15.7. The Kier molecular flexibility index (Phi) is 6.01. The van der Waals surface area contributed by atoms with Crippen LogP contribution in [0, 0.1) is 5.41 Å². The summed E-state index contributed by atoms with van der Waals surface area (Å²) < 4.78 is 23.8. The lowest BCUT2D eigenvalue weighted by atomic mass is 9.81. The maximum atomic E-state index is 12.4. The highest BCUT2D eigenvalue weighted by Crippen LogP contribution is 2.31. The lowest BCUT2D eigenvalue weighted by Crippen LogP contribution is -2.41. The number of nitrogens with two attached hydrogens (primary N) is 1. The van der Waals surface area contributed by atoms with E-state index in [1.807, 2.05) is 13.8 Å². The molecule has 0 saturated carbocycles. The number of amides is 1. The molecular weight excluding hydrogens is 324 g/mol. The van der Waals surface area contributed by atoms with Gasteiger partial charge in [-0.2, -0.15) is 0 Å². The molecule has 22 heavy (non-hydrogen) atoms. The summed E-state index contributed by atoms with van der Waals surface area (Å²) in [4.78, 5) is 12.8. The summed E-state index contributed by atoms with van der Waals surface area (Å²) in [6.45, 7) is 4.14. The first-order valence-electron chi connectivity index (χ1n) is 7.25. The molecule has 3 N–H and O–H groups in total. The molecule has 0 saturated heterocycles. The molecule has 0 fully saturated rings. The van der Waals surface area contributed by atoms with Gasteiger partial charge >= 0.3 is 0 Å². The van der Waals surface area contributed by atoms with Crippen molar-refractivity contribution in [1.82, 2.24) is 0 Å². The van der Waals surface area contributed by atoms with Crippen molar-refractivity contribution < 1.29 is 13.2 Å². The molecule has 1 amide bonds. The second kappa shape index (κ2) is 6.98. The third-order valence-corrected chi connectivity index (χ3v) is 6.32. The van der Waals surface area contributed by atoms with E-state index >= 15 is 0 Å². The smallest absolute Gasteiger partial charge is 0.231 e. The van der Waals surface area contributed by atoms with Crippen molar-refractivity contribution in [2.75, 3.05) is 17.6 Å². The van der Waals surface area contributed by atoms with E-state index < -0.39 is 15.3 Å². The summed E-state index contributed by atoms with van der Waals surface area (Å²) >= 11 is 0. The maximum Gasteiger partial charge on any atom is 0.231 e. The van der Waals surface area contributed by atoms with Crippen molar-refractivity contribution in [2.45, 2.75) is 38.0 Å². The molecule has 2 rings (SSSR count). The molecule has 0 spiro atoms. The molecule has 0 aliphatic carbocycles. The van der Waals surface area contributed by atoms with Gasteiger partial charge in [0.15, 0.2) is 9.84 Å². The van der Waals surface area contributed by atoms with Crippen LogP contribution in [0.5, 0.6) is 0 Å². The molecule has 124 valence electrons. The van der Waals surface area contributed by atoms with Crippen LogP contribution >= 0.6 is 12.4 Å². The number of aryl methyl sites for hydroxylation is 1. The van der Waals surface area contributed by atoms with Gasteiger partial charge in [-0.25, -0.2) is 8.42 Å². The minimum atomic E-state index is -3.19. The predicted octanol–water partition coefficient (Wildman–Crippen LogP) is 2.14. The first-order chi connectivity index (χ1) is 9.88. The number of carbonyl (C=O) groups is 1. The monoisotopic (exact) mass is 346 g/mol. The Morgan fingerprint density at radius 1 is 1.32 bits per heavy atom. The van der Waals surface area contributed by atoms with E-state index in [1.54, 1.807) is 18.2 Å². The van der Waals surface area contributed by atoms with E-state index in [2.05, 4.69) is 5.32 Å². The molecule has 1 aliphatic rings. The maximum absolute atomic E-state index is 12.4. The molecule has 1 aromatic rings. The lowest BCUT2D eigenvalue weighted by molar-refractivity contribution is -0.125. The van der Waals surface area contributed by atoms with E-state index in [0.29, 0.717) is 29.8 Å². The Bertz CT molecular complexity index is 646. The Hall–Kier alpha value is -1.11. The van der Waals surface area contributed by atoms with Crippen LogP contribution in [0.15, 0.2) is 23.1 Å². The van der Waals surface area contributed by atoms with E-state index in [4.69, 9.17) is 5.73 Å². The number of rotatable bonds is 5. The Labute approximate surface area is 138 Å². The molecule has 0 bridgehead atoms. The molecule has 0 radical (unpaired) electrons. The van der Waals surface area contributed by atoms with Gasteiger partial charge in [0.1, 0.15) is 0 Å². The van der Waals surface area contributed by atoms with Crippen molar-refractivity contribution >= 4 is 33.8 Å². The van der Waals surface area contributed by atoms with Gasteiger partial charge in [-0.3, -0.25) is 4.79 Å². The number of fused-ring (bicyclic) bond motifs is 1. The van der Waals surface area contributed by atoms with E-state index in [1.165, 1.54) is 0 Å². The van der Waals surface area contributed by atoms with Crippen molar-refractivity contribution in [3.63, 3.8) is 0 Å². The Morgan fingerprint density at radius 3 is 2.50 bits per heavy atom. The second-order valence-corrected chi connectivity index (χ2v) is 7.61. The predicted molar refractivity (Wildman–Crippen MR) is 90.1 cm³/mol. The molecule has 0 atom stereocenters. The van der Waals surface area contributed by atoms with Gasteiger partial charge in [0, 0.05) is 12.2 Å². The van der Waals surface area contributed by atoms with Gasteiger partial charge in [0.2, 0.25) is 5.91 Å². The van der Waals surface area contributed by atoms with Gasteiger partial charge < -0.3 is 11.1 Å².